The number of fused-ring (bicyclic) bond motifs is 1. The summed E-state index contributed by atoms with van der Waals surface area (Å²) in [5, 5.41) is 21.8. The zero-order valence-electron chi connectivity index (χ0n) is 16.1. The molecule has 2 unspecified atom stereocenters. The Bertz CT molecular complexity index is 1010. The minimum atomic E-state index is -1.49. The van der Waals surface area contributed by atoms with Gasteiger partial charge < -0.3 is 14.6 Å². The monoisotopic (exact) mass is 408 g/mol. The Hall–Kier alpha value is -2.95. The van der Waals surface area contributed by atoms with E-state index in [9.17, 15) is 15.2 Å². The van der Waals surface area contributed by atoms with Gasteiger partial charge in [-0.25, -0.2) is 0 Å². The molecule has 0 radical (unpaired) electrons. The van der Waals surface area contributed by atoms with E-state index in [0.29, 0.717) is 27.7 Å². The van der Waals surface area contributed by atoms with Crippen molar-refractivity contribution in [2.45, 2.75) is 18.1 Å². The van der Waals surface area contributed by atoms with Crippen LogP contribution in [-0.4, -0.2) is 35.9 Å². The van der Waals surface area contributed by atoms with Crippen LogP contribution >= 0.6 is 11.8 Å². The second-order valence-electron chi connectivity index (χ2n) is 6.92. The third-order valence-electron chi connectivity index (χ3n) is 5.38. The van der Waals surface area contributed by atoms with Crippen molar-refractivity contribution < 1.29 is 19.4 Å². The number of hydrogen-bond donors (Lipinski definition) is 1. The molecule has 0 saturated carbocycles. The van der Waals surface area contributed by atoms with Crippen LogP contribution in [0.2, 0.25) is 0 Å². The second-order valence-corrected chi connectivity index (χ2v) is 7.89. The fourth-order valence-corrected chi connectivity index (χ4v) is 5.18. The topological polar surface area (TPSA) is 82.8 Å². The molecule has 1 amide bonds. The quantitative estimate of drug-likeness (QED) is 0.835. The summed E-state index contributed by atoms with van der Waals surface area (Å²) in [7, 11) is 3.16. The molecular formula is C22H20N2O4S. The number of benzene rings is 2. The van der Waals surface area contributed by atoms with Crippen molar-refractivity contribution in [3.8, 4) is 17.6 Å². The first kappa shape index (κ1) is 19.4. The number of carbonyl (C=O) groups excluding carboxylic acids is 1. The normalized spacial score (nSPS) is 23.6. The summed E-state index contributed by atoms with van der Waals surface area (Å²) in [6.45, 7) is 0. The number of ether oxygens (including phenoxy) is 2. The van der Waals surface area contributed by atoms with Crippen LogP contribution in [0.3, 0.4) is 0 Å². The van der Waals surface area contributed by atoms with Crippen LogP contribution in [0.25, 0.3) is 0 Å². The summed E-state index contributed by atoms with van der Waals surface area (Å²) >= 11 is 1.34. The zero-order valence-corrected chi connectivity index (χ0v) is 16.9. The highest BCUT2D eigenvalue weighted by Crippen LogP contribution is 2.51. The van der Waals surface area contributed by atoms with Gasteiger partial charge >= 0.3 is 0 Å². The number of carbonyl (C=O) groups is 1. The van der Waals surface area contributed by atoms with Gasteiger partial charge in [-0.15, -0.1) is 11.8 Å². The van der Waals surface area contributed by atoms with Gasteiger partial charge in [0.15, 0.2) is 5.72 Å². The Labute approximate surface area is 173 Å². The summed E-state index contributed by atoms with van der Waals surface area (Å²) in [6, 6.07) is 16.7. The maximum atomic E-state index is 13.1. The molecule has 0 bridgehead atoms. The minimum absolute atomic E-state index is 0.123. The average Bonchev–Trinajstić information content (AvgIpc) is 3.13. The van der Waals surface area contributed by atoms with Crippen molar-refractivity contribution in [3.05, 3.63) is 70.3 Å². The lowest BCUT2D eigenvalue weighted by Crippen LogP contribution is -2.48. The number of amides is 1. The maximum absolute atomic E-state index is 13.1. The lowest BCUT2D eigenvalue weighted by atomic mass is 9.85. The van der Waals surface area contributed by atoms with Crippen LogP contribution in [-0.2, 0) is 10.5 Å². The number of nitrogens with zero attached hydrogens (tertiary/aromatic N) is 2. The molecule has 7 heteroatoms. The molecule has 2 aliphatic rings. The fraction of sp³-hybridized carbons (Fsp3) is 0.273. The minimum Gasteiger partial charge on any atom is -0.497 e. The lowest BCUT2D eigenvalue weighted by Gasteiger charge is -2.38. The standard InChI is InChI=1S/C22H20N2O4S/c1-27-16-7-3-14(4-8-16)18-11-20(25)24-21(19(18)12-23)29-13-22(24,26)15-5-9-17(28-2)10-6-15/h3-10,18,26H,11,13H2,1-2H3. The van der Waals surface area contributed by atoms with E-state index < -0.39 is 5.72 Å². The molecule has 2 atom stereocenters. The maximum Gasteiger partial charge on any atom is 0.231 e. The van der Waals surface area contributed by atoms with Gasteiger partial charge in [0.25, 0.3) is 0 Å². The largest absolute Gasteiger partial charge is 0.497 e. The van der Waals surface area contributed by atoms with Crippen LogP contribution in [0.5, 0.6) is 11.5 Å². The molecule has 29 heavy (non-hydrogen) atoms. The van der Waals surface area contributed by atoms with Crippen LogP contribution in [0.1, 0.15) is 23.5 Å². The van der Waals surface area contributed by atoms with Crippen molar-refractivity contribution in [1.82, 2.24) is 4.90 Å². The molecule has 2 aromatic rings. The third-order valence-corrected chi connectivity index (χ3v) is 6.60. The Morgan fingerprint density at radius 1 is 1.10 bits per heavy atom. The van der Waals surface area contributed by atoms with Crippen LogP contribution < -0.4 is 9.47 Å². The molecule has 1 fully saturated rings. The molecule has 0 aliphatic carbocycles. The molecule has 6 nitrogen and oxygen atoms in total. The summed E-state index contributed by atoms with van der Waals surface area (Å²) in [4.78, 5) is 14.5. The van der Waals surface area contributed by atoms with Crippen molar-refractivity contribution in [2.75, 3.05) is 20.0 Å². The second kappa shape index (κ2) is 7.47. The number of methoxy groups -OCH3 is 2. The fourth-order valence-electron chi connectivity index (χ4n) is 3.82. The molecule has 1 N–H and O–H groups in total. The van der Waals surface area contributed by atoms with Crippen molar-refractivity contribution in [2.24, 2.45) is 0 Å². The van der Waals surface area contributed by atoms with Crippen LogP contribution in [0, 0.1) is 11.3 Å². The van der Waals surface area contributed by atoms with Crippen molar-refractivity contribution in [1.29, 1.82) is 5.26 Å². The molecule has 2 aliphatic heterocycles. The predicted molar refractivity (Wildman–Crippen MR) is 109 cm³/mol. The molecule has 1 saturated heterocycles. The Balaban J connectivity index is 1.75. The summed E-state index contributed by atoms with van der Waals surface area (Å²) < 4.78 is 10.4. The van der Waals surface area contributed by atoms with Crippen molar-refractivity contribution in [3.63, 3.8) is 0 Å². The van der Waals surface area contributed by atoms with Gasteiger partial charge in [0, 0.05) is 17.9 Å². The first-order valence-corrected chi connectivity index (χ1v) is 10.1. The van der Waals surface area contributed by atoms with E-state index in [1.165, 1.54) is 16.7 Å². The van der Waals surface area contributed by atoms with E-state index in [1.54, 1.807) is 38.5 Å². The zero-order chi connectivity index (χ0) is 20.6. The molecule has 0 aromatic heterocycles. The highest BCUT2D eigenvalue weighted by molar-refractivity contribution is 8.03. The van der Waals surface area contributed by atoms with Crippen LogP contribution in [0.4, 0.5) is 0 Å². The molecule has 4 rings (SSSR count). The van der Waals surface area contributed by atoms with E-state index in [1.807, 2.05) is 24.3 Å². The number of nitriles is 1. The van der Waals surface area contributed by atoms with E-state index in [0.717, 1.165) is 5.56 Å². The van der Waals surface area contributed by atoms with Gasteiger partial charge in [-0.3, -0.25) is 9.69 Å². The third kappa shape index (κ3) is 3.15. The Morgan fingerprint density at radius 3 is 2.24 bits per heavy atom. The van der Waals surface area contributed by atoms with Gasteiger partial charge in [-0.1, -0.05) is 24.3 Å². The molecule has 2 heterocycles. The SMILES string of the molecule is COc1ccc(C2CC(=O)N3C(=C2C#N)SCC3(O)c2ccc(OC)cc2)cc1. The van der Waals surface area contributed by atoms with E-state index in [-0.39, 0.29) is 24.0 Å². The number of rotatable bonds is 4. The Morgan fingerprint density at radius 2 is 1.69 bits per heavy atom. The first-order valence-electron chi connectivity index (χ1n) is 9.13. The predicted octanol–water partition coefficient (Wildman–Crippen LogP) is 3.35. The van der Waals surface area contributed by atoms with E-state index >= 15 is 0 Å². The highest BCUT2D eigenvalue weighted by atomic mass is 32.2. The summed E-state index contributed by atoms with van der Waals surface area (Å²) in [5.74, 6) is 1.10. The molecule has 148 valence electrons. The number of allylic oxidation sites excluding steroid dienone is 1. The van der Waals surface area contributed by atoms with Gasteiger partial charge in [0.05, 0.1) is 36.6 Å². The lowest BCUT2D eigenvalue weighted by molar-refractivity contribution is -0.149. The molecular weight excluding hydrogens is 388 g/mol. The number of hydrogen-bond acceptors (Lipinski definition) is 6. The summed E-state index contributed by atoms with van der Waals surface area (Å²) in [5.41, 5.74) is 0.484. The number of thioether (sulfide) groups is 1. The average molecular weight is 408 g/mol. The van der Waals surface area contributed by atoms with Gasteiger partial charge in [0.1, 0.15) is 11.5 Å². The van der Waals surface area contributed by atoms with Gasteiger partial charge in [-0.05, 0) is 29.8 Å². The van der Waals surface area contributed by atoms with E-state index in [2.05, 4.69) is 6.07 Å². The highest BCUT2D eigenvalue weighted by Gasteiger charge is 2.51. The van der Waals surface area contributed by atoms with E-state index in [4.69, 9.17) is 9.47 Å². The number of aliphatic hydroxyl groups is 1. The first-order chi connectivity index (χ1) is 14.0. The van der Waals surface area contributed by atoms with Crippen molar-refractivity contribution >= 4 is 17.7 Å². The van der Waals surface area contributed by atoms with Gasteiger partial charge in [0.2, 0.25) is 5.91 Å². The van der Waals surface area contributed by atoms with Gasteiger partial charge in [-0.2, -0.15) is 5.26 Å². The molecule has 2 aromatic carbocycles. The smallest absolute Gasteiger partial charge is 0.231 e. The molecule has 0 spiro atoms. The van der Waals surface area contributed by atoms with Crippen LogP contribution in [0.15, 0.2) is 59.1 Å². The summed E-state index contributed by atoms with van der Waals surface area (Å²) in [6.07, 6.45) is 0.123. The Kier molecular flexibility index (Phi) is 4.99.